The van der Waals surface area contributed by atoms with E-state index in [0.29, 0.717) is 6.04 Å². The molecule has 1 N–H and O–H groups in total. The summed E-state index contributed by atoms with van der Waals surface area (Å²) in [5, 5.41) is 7.61. The fraction of sp³-hybridized carbons (Fsp3) is 0.750. The van der Waals surface area contributed by atoms with Gasteiger partial charge < -0.3 is 9.84 Å². The fourth-order valence-corrected chi connectivity index (χ4v) is 1.90. The number of piperidine rings is 1. The van der Waals surface area contributed by atoms with E-state index in [2.05, 4.69) is 37.3 Å². The number of hydrogen-bond acceptors (Lipinski definition) is 3. The largest absolute Gasteiger partial charge is 0.359 e. The molecule has 1 aromatic rings. The van der Waals surface area contributed by atoms with Crippen LogP contribution >= 0.6 is 0 Å². The average Bonchev–Trinajstić information content (AvgIpc) is 2.67. The van der Waals surface area contributed by atoms with Crippen LogP contribution < -0.4 is 5.32 Å². The van der Waals surface area contributed by atoms with Crippen LogP contribution in [-0.2, 0) is 5.41 Å². The Bertz CT molecular complexity index is 319. The van der Waals surface area contributed by atoms with Crippen molar-refractivity contribution in [3.05, 3.63) is 17.5 Å². The highest BCUT2D eigenvalue weighted by Crippen LogP contribution is 2.27. The quantitative estimate of drug-likeness (QED) is 0.771. The molecule has 84 valence electrons. The third-order valence-electron chi connectivity index (χ3n) is 2.95. The van der Waals surface area contributed by atoms with E-state index in [4.69, 9.17) is 4.52 Å². The van der Waals surface area contributed by atoms with Crippen molar-refractivity contribution in [2.24, 2.45) is 0 Å². The molecule has 2 heterocycles. The van der Waals surface area contributed by atoms with Gasteiger partial charge in [0.2, 0.25) is 0 Å². The van der Waals surface area contributed by atoms with E-state index < -0.39 is 0 Å². The molecule has 0 saturated carbocycles. The lowest BCUT2D eigenvalue weighted by molar-refractivity contribution is 0.299. The van der Waals surface area contributed by atoms with Gasteiger partial charge in [-0.3, -0.25) is 0 Å². The predicted octanol–water partition coefficient (Wildman–Crippen LogP) is 2.79. The van der Waals surface area contributed by atoms with Gasteiger partial charge in [-0.15, -0.1) is 0 Å². The van der Waals surface area contributed by atoms with Crippen LogP contribution in [0.1, 0.15) is 57.5 Å². The lowest BCUT2D eigenvalue weighted by Crippen LogP contribution is -2.26. The van der Waals surface area contributed by atoms with E-state index >= 15 is 0 Å². The first-order chi connectivity index (χ1) is 7.07. The van der Waals surface area contributed by atoms with Gasteiger partial charge in [-0.1, -0.05) is 32.3 Å². The van der Waals surface area contributed by atoms with Crippen molar-refractivity contribution in [2.45, 2.75) is 51.5 Å². The first kappa shape index (κ1) is 10.7. The maximum absolute atomic E-state index is 5.42. The zero-order chi connectivity index (χ0) is 10.9. The van der Waals surface area contributed by atoms with Gasteiger partial charge >= 0.3 is 0 Å². The Kier molecular flexibility index (Phi) is 2.83. The van der Waals surface area contributed by atoms with Gasteiger partial charge in [-0.25, -0.2) is 0 Å². The lowest BCUT2D eigenvalue weighted by Gasteiger charge is -2.20. The number of nitrogens with one attached hydrogen (secondary N) is 1. The van der Waals surface area contributed by atoms with Crippen LogP contribution in [0.2, 0.25) is 0 Å². The van der Waals surface area contributed by atoms with Crippen molar-refractivity contribution in [3.8, 4) is 0 Å². The van der Waals surface area contributed by atoms with Crippen molar-refractivity contribution in [1.82, 2.24) is 10.5 Å². The second kappa shape index (κ2) is 3.97. The third-order valence-corrected chi connectivity index (χ3v) is 2.95. The maximum atomic E-state index is 5.42. The number of hydrogen-bond donors (Lipinski definition) is 1. The molecule has 0 radical (unpaired) electrons. The third kappa shape index (κ3) is 2.40. The summed E-state index contributed by atoms with van der Waals surface area (Å²) >= 11 is 0. The Balaban J connectivity index is 2.12. The zero-order valence-corrected chi connectivity index (χ0v) is 9.84. The van der Waals surface area contributed by atoms with Crippen LogP contribution in [0.5, 0.6) is 0 Å². The summed E-state index contributed by atoms with van der Waals surface area (Å²) in [6, 6.07) is 2.48. The minimum absolute atomic E-state index is 0.0798. The topological polar surface area (TPSA) is 38.1 Å². The minimum Gasteiger partial charge on any atom is -0.359 e. The highest BCUT2D eigenvalue weighted by atomic mass is 16.5. The summed E-state index contributed by atoms with van der Waals surface area (Å²) in [5.74, 6) is 1.000. The van der Waals surface area contributed by atoms with Crippen LogP contribution in [0.15, 0.2) is 10.6 Å². The van der Waals surface area contributed by atoms with Gasteiger partial charge in [-0.2, -0.15) is 0 Å². The molecule has 0 aliphatic carbocycles. The van der Waals surface area contributed by atoms with Crippen LogP contribution in [-0.4, -0.2) is 11.7 Å². The number of nitrogens with zero attached hydrogens (tertiary/aromatic N) is 1. The van der Waals surface area contributed by atoms with Crippen LogP contribution in [0.4, 0.5) is 0 Å². The van der Waals surface area contributed by atoms with Gasteiger partial charge in [0.15, 0.2) is 5.76 Å². The summed E-state index contributed by atoms with van der Waals surface area (Å²) in [6.45, 7) is 7.56. The molecule has 3 heteroatoms. The van der Waals surface area contributed by atoms with Gasteiger partial charge in [0.05, 0.1) is 11.7 Å². The summed E-state index contributed by atoms with van der Waals surface area (Å²) < 4.78 is 5.42. The van der Waals surface area contributed by atoms with E-state index in [1.807, 2.05) is 0 Å². The second-order valence-corrected chi connectivity index (χ2v) is 5.37. The Labute approximate surface area is 91.2 Å². The van der Waals surface area contributed by atoms with Gasteiger partial charge in [0.1, 0.15) is 0 Å². The summed E-state index contributed by atoms with van der Waals surface area (Å²) in [7, 11) is 0. The molecule has 3 nitrogen and oxygen atoms in total. The van der Waals surface area contributed by atoms with Gasteiger partial charge in [0.25, 0.3) is 0 Å². The van der Waals surface area contributed by atoms with E-state index in [-0.39, 0.29) is 5.41 Å². The van der Waals surface area contributed by atoms with E-state index in [1.165, 1.54) is 19.3 Å². The van der Waals surface area contributed by atoms with Crippen molar-refractivity contribution in [2.75, 3.05) is 6.54 Å². The molecule has 0 amide bonds. The van der Waals surface area contributed by atoms with Crippen molar-refractivity contribution < 1.29 is 4.52 Å². The molecule has 1 aromatic heterocycles. The van der Waals surface area contributed by atoms with E-state index in [9.17, 15) is 0 Å². The van der Waals surface area contributed by atoms with Crippen LogP contribution in [0.3, 0.4) is 0 Å². The fourth-order valence-electron chi connectivity index (χ4n) is 1.90. The Morgan fingerprint density at radius 2 is 2.20 bits per heavy atom. The van der Waals surface area contributed by atoms with Gasteiger partial charge in [-0.05, 0) is 19.4 Å². The molecule has 0 spiro atoms. The van der Waals surface area contributed by atoms with E-state index in [0.717, 1.165) is 18.0 Å². The molecule has 1 unspecified atom stereocenters. The van der Waals surface area contributed by atoms with Crippen molar-refractivity contribution in [3.63, 3.8) is 0 Å². The zero-order valence-electron chi connectivity index (χ0n) is 9.84. The molecule has 1 fully saturated rings. The molecule has 1 atom stereocenters. The summed E-state index contributed by atoms with van der Waals surface area (Å²) in [6.07, 6.45) is 3.72. The average molecular weight is 208 g/mol. The Morgan fingerprint density at radius 3 is 2.73 bits per heavy atom. The SMILES string of the molecule is CC(C)(C)c1cc(C2CCCCN2)on1. The van der Waals surface area contributed by atoms with Crippen molar-refractivity contribution >= 4 is 0 Å². The summed E-state index contributed by atoms with van der Waals surface area (Å²) in [5.41, 5.74) is 1.13. The van der Waals surface area contributed by atoms with E-state index in [1.54, 1.807) is 0 Å². The van der Waals surface area contributed by atoms with Crippen molar-refractivity contribution in [1.29, 1.82) is 0 Å². The van der Waals surface area contributed by atoms with Crippen LogP contribution in [0, 0.1) is 0 Å². The first-order valence-corrected chi connectivity index (χ1v) is 5.78. The molecule has 0 aromatic carbocycles. The lowest BCUT2D eigenvalue weighted by atomic mass is 9.91. The number of aromatic nitrogens is 1. The molecule has 1 aliphatic rings. The first-order valence-electron chi connectivity index (χ1n) is 5.78. The second-order valence-electron chi connectivity index (χ2n) is 5.37. The van der Waals surface area contributed by atoms with Crippen LogP contribution in [0.25, 0.3) is 0 Å². The highest BCUT2D eigenvalue weighted by Gasteiger charge is 2.23. The minimum atomic E-state index is 0.0798. The molecule has 1 aliphatic heterocycles. The highest BCUT2D eigenvalue weighted by molar-refractivity contribution is 5.16. The molecule has 0 bridgehead atoms. The molecule has 15 heavy (non-hydrogen) atoms. The maximum Gasteiger partial charge on any atom is 0.153 e. The smallest absolute Gasteiger partial charge is 0.153 e. The normalized spacial score (nSPS) is 23.0. The molecular formula is C12H20N2O. The molecule has 2 rings (SSSR count). The Morgan fingerprint density at radius 1 is 1.40 bits per heavy atom. The van der Waals surface area contributed by atoms with Gasteiger partial charge in [0, 0.05) is 11.5 Å². The number of rotatable bonds is 1. The molecule has 1 saturated heterocycles. The predicted molar refractivity (Wildman–Crippen MR) is 59.8 cm³/mol. The Hall–Kier alpha value is -0.830. The molecular weight excluding hydrogens is 188 g/mol. The monoisotopic (exact) mass is 208 g/mol. The standard InChI is InChI=1S/C12H20N2O/c1-12(2,3)11-8-10(15-14-11)9-6-4-5-7-13-9/h8-9,13H,4-7H2,1-3H3. The summed E-state index contributed by atoms with van der Waals surface area (Å²) in [4.78, 5) is 0.